The van der Waals surface area contributed by atoms with E-state index in [4.69, 9.17) is 10.5 Å². The second kappa shape index (κ2) is 7.98. The third-order valence-electron chi connectivity index (χ3n) is 5.15. The van der Waals surface area contributed by atoms with Gasteiger partial charge in [-0.05, 0) is 29.3 Å². The van der Waals surface area contributed by atoms with Crippen molar-refractivity contribution in [1.29, 1.82) is 0 Å². The quantitative estimate of drug-likeness (QED) is 0.398. The summed E-state index contributed by atoms with van der Waals surface area (Å²) in [5.41, 5.74) is 7.41. The Kier molecular flexibility index (Phi) is 5.24. The summed E-state index contributed by atoms with van der Waals surface area (Å²) in [7, 11) is 0. The van der Waals surface area contributed by atoms with Crippen LogP contribution in [0.4, 0.5) is 11.4 Å². The minimum absolute atomic E-state index is 0.103. The van der Waals surface area contributed by atoms with Gasteiger partial charge in [0.1, 0.15) is 5.69 Å². The number of nitro groups is 1. The summed E-state index contributed by atoms with van der Waals surface area (Å²) in [6.07, 6.45) is 1.57. The van der Waals surface area contributed by atoms with E-state index in [1.807, 2.05) is 0 Å². The molecule has 2 N–H and O–H groups in total. The van der Waals surface area contributed by atoms with E-state index in [-0.39, 0.29) is 16.9 Å². The van der Waals surface area contributed by atoms with Crippen molar-refractivity contribution in [1.82, 2.24) is 14.5 Å². The molecule has 0 saturated carbocycles. The lowest BCUT2D eigenvalue weighted by atomic mass is 10.0. The van der Waals surface area contributed by atoms with Crippen LogP contribution in [0.5, 0.6) is 0 Å². The van der Waals surface area contributed by atoms with Crippen LogP contribution in [0.25, 0.3) is 22.0 Å². The molecule has 0 atom stereocenters. The minimum atomic E-state index is -0.514. The van der Waals surface area contributed by atoms with Crippen molar-refractivity contribution in [2.45, 2.75) is 6.54 Å². The molecule has 1 aliphatic heterocycles. The maximum atomic E-state index is 13.0. The average molecular weight is 395 g/mol. The average Bonchev–Trinajstić information content (AvgIpc) is 2.74. The van der Waals surface area contributed by atoms with Gasteiger partial charge in [-0.1, -0.05) is 12.1 Å². The van der Waals surface area contributed by atoms with Gasteiger partial charge < -0.3 is 10.5 Å². The molecule has 0 spiro atoms. The molecule has 1 aliphatic rings. The Bertz CT molecular complexity index is 1120. The van der Waals surface area contributed by atoms with Gasteiger partial charge in [-0.3, -0.25) is 24.4 Å². The van der Waals surface area contributed by atoms with E-state index >= 15 is 0 Å². The first-order valence-electron chi connectivity index (χ1n) is 9.36. The predicted molar refractivity (Wildman–Crippen MR) is 110 cm³/mol. The molecule has 150 valence electrons. The molecule has 4 rings (SSSR count). The van der Waals surface area contributed by atoms with Crippen molar-refractivity contribution in [3.63, 3.8) is 0 Å². The number of rotatable bonds is 5. The second-order valence-electron chi connectivity index (χ2n) is 6.96. The molecule has 1 aromatic heterocycles. The first kappa shape index (κ1) is 19.0. The van der Waals surface area contributed by atoms with Crippen molar-refractivity contribution in [2.75, 3.05) is 38.6 Å². The van der Waals surface area contributed by atoms with Crippen molar-refractivity contribution in [3.8, 4) is 11.1 Å². The lowest BCUT2D eigenvalue weighted by Crippen LogP contribution is -2.39. The van der Waals surface area contributed by atoms with Crippen LogP contribution in [0.1, 0.15) is 0 Å². The highest BCUT2D eigenvalue weighted by Gasteiger charge is 2.14. The smallest absolute Gasteiger partial charge is 0.292 e. The van der Waals surface area contributed by atoms with Gasteiger partial charge in [-0.25, -0.2) is 4.98 Å². The molecule has 0 aliphatic carbocycles. The Labute approximate surface area is 166 Å². The van der Waals surface area contributed by atoms with Gasteiger partial charge in [0.25, 0.3) is 11.2 Å². The number of nitro benzene ring substituents is 1. The third-order valence-corrected chi connectivity index (χ3v) is 5.15. The Morgan fingerprint density at radius 3 is 2.59 bits per heavy atom. The summed E-state index contributed by atoms with van der Waals surface area (Å²) in [6.45, 7) is 4.43. The Morgan fingerprint density at radius 1 is 1.10 bits per heavy atom. The maximum absolute atomic E-state index is 13.0. The molecule has 9 heteroatoms. The molecular weight excluding hydrogens is 374 g/mol. The van der Waals surface area contributed by atoms with Gasteiger partial charge in [0, 0.05) is 32.2 Å². The summed E-state index contributed by atoms with van der Waals surface area (Å²) in [4.78, 5) is 30.3. The zero-order valence-electron chi connectivity index (χ0n) is 15.8. The fraction of sp³-hybridized carbons (Fsp3) is 0.300. The molecule has 3 aromatic rings. The number of aromatic nitrogens is 2. The molecule has 2 aromatic carbocycles. The summed E-state index contributed by atoms with van der Waals surface area (Å²) >= 11 is 0. The monoisotopic (exact) mass is 395 g/mol. The van der Waals surface area contributed by atoms with Gasteiger partial charge >= 0.3 is 0 Å². The highest BCUT2D eigenvalue weighted by atomic mass is 16.6. The highest BCUT2D eigenvalue weighted by Crippen LogP contribution is 2.29. The molecule has 0 radical (unpaired) electrons. The first-order valence-corrected chi connectivity index (χ1v) is 9.36. The van der Waals surface area contributed by atoms with E-state index in [9.17, 15) is 14.9 Å². The van der Waals surface area contributed by atoms with Crippen LogP contribution in [-0.4, -0.2) is 52.2 Å². The van der Waals surface area contributed by atoms with Gasteiger partial charge in [-0.15, -0.1) is 0 Å². The van der Waals surface area contributed by atoms with Crippen LogP contribution in [0.3, 0.4) is 0 Å². The second-order valence-corrected chi connectivity index (χ2v) is 6.96. The number of ether oxygens (including phenoxy) is 1. The van der Waals surface area contributed by atoms with Crippen molar-refractivity contribution in [3.05, 3.63) is 63.2 Å². The van der Waals surface area contributed by atoms with Crippen molar-refractivity contribution < 1.29 is 9.66 Å². The molecule has 1 fully saturated rings. The number of hydrogen-bond acceptors (Lipinski definition) is 7. The Hall–Kier alpha value is -3.30. The van der Waals surface area contributed by atoms with E-state index in [1.165, 1.54) is 12.1 Å². The fourth-order valence-corrected chi connectivity index (χ4v) is 3.45. The minimum Gasteiger partial charge on any atom is -0.393 e. The molecule has 0 unspecified atom stereocenters. The maximum Gasteiger partial charge on any atom is 0.292 e. The van der Waals surface area contributed by atoms with Crippen LogP contribution in [0.2, 0.25) is 0 Å². The highest BCUT2D eigenvalue weighted by molar-refractivity contribution is 5.84. The molecule has 1 saturated heterocycles. The van der Waals surface area contributed by atoms with E-state index in [0.717, 1.165) is 19.6 Å². The lowest BCUT2D eigenvalue weighted by molar-refractivity contribution is -0.383. The zero-order chi connectivity index (χ0) is 20.4. The van der Waals surface area contributed by atoms with E-state index < -0.39 is 4.92 Å². The summed E-state index contributed by atoms with van der Waals surface area (Å²) in [5.74, 6) is 0. The SMILES string of the molecule is Nc1ccc(-c2ccc3ncn(CCN4CCOCC4)c(=O)c3c2)cc1[N+](=O)[O-]. The topological polar surface area (TPSA) is 117 Å². The van der Waals surface area contributed by atoms with Crippen LogP contribution < -0.4 is 11.3 Å². The number of nitrogens with zero attached hydrogens (tertiary/aromatic N) is 4. The van der Waals surface area contributed by atoms with Gasteiger partial charge in [0.05, 0.1) is 35.4 Å². The van der Waals surface area contributed by atoms with Gasteiger partial charge in [0.15, 0.2) is 0 Å². The Balaban J connectivity index is 1.66. The first-order chi connectivity index (χ1) is 14.0. The molecule has 0 bridgehead atoms. The number of anilines is 1. The molecule has 29 heavy (non-hydrogen) atoms. The standard InChI is InChI=1S/C20H21N5O4/c21-17-3-1-15(12-19(17)25(27)28)14-2-4-18-16(11-14)20(26)24(13-22-18)6-5-23-7-9-29-10-8-23/h1-4,11-13H,5-10,21H2. The number of nitrogens with two attached hydrogens (primary N) is 1. The van der Waals surface area contributed by atoms with Crippen LogP contribution in [0.15, 0.2) is 47.5 Å². The normalized spacial score (nSPS) is 14.9. The van der Waals surface area contributed by atoms with E-state index in [2.05, 4.69) is 9.88 Å². The lowest BCUT2D eigenvalue weighted by Gasteiger charge is -2.26. The predicted octanol–water partition coefficient (Wildman–Crippen LogP) is 1.89. The fourth-order valence-electron chi connectivity index (χ4n) is 3.45. The van der Waals surface area contributed by atoms with Gasteiger partial charge in [0.2, 0.25) is 0 Å². The number of hydrogen-bond donors (Lipinski definition) is 1. The summed E-state index contributed by atoms with van der Waals surface area (Å²) in [5, 5.41) is 11.6. The number of fused-ring (bicyclic) bond motifs is 1. The molecule has 9 nitrogen and oxygen atoms in total. The summed E-state index contributed by atoms with van der Waals surface area (Å²) < 4.78 is 6.95. The van der Waals surface area contributed by atoms with Crippen LogP contribution in [-0.2, 0) is 11.3 Å². The van der Waals surface area contributed by atoms with Crippen molar-refractivity contribution in [2.24, 2.45) is 0 Å². The molecule has 0 amide bonds. The van der Waals surface area contributed by atoms with Gasteiger partial charge in [-0.2, -0.15) is 0 Å². The van der Waals surface area contributed by atoms with Crippen molar-refractivity contribution >= 4 is 22.3 Å². The number of nitrogen functional groups attached to an aromatic ring is 1. The number of benzene rings is 2. The number of morpholine rings is 1. The van der Waals surface area contributed by atoms with E-state index in [0.29, 0.717) is 41.8 Å². The zero-order valence-corrected chi connectivity index (χ0v) is 15.8. The van der Waals surface area contributed by atoms with Crippen LogP contribution >= 0.6 is 0 Å². The molecular formula is C20H21N5O4. The largest absolute Gasteiger partial charge is 0.393 e. The van der Waals surface area contributed by atoms with E-state index in [1.54, 1.807) is 35.2 Å². The molecule has 2 heterocycles. The van der Waals surface area contributed by atoms with Crippen LogP contribution in [0, 0.1) is 10.1 Å². The third kappa shape index (κ3) is 3.96. The Morgan fingerprint density at radius 2 is 1.83 bits per heavy atom. The summed E-state index contributed by atoms with van der Waals surface area (Å²) in [6, 6.07) is 9.90.